The first kappa shape index (κ1) is 18.6. The van der Waals surface area contributed by atoms with E-state index in [-0.39, 0.29) is 23.3 Å². The first-order valence-corrected chi connectivity index (χ1v) is 9.18. The van der Waals surface area contributed by atoms with Gasteiger partial charge in [-0.25, -0.2) is 17.5 Å². The average molecular weight is 350 g/mol. The molecule has 0 radical (unpaired) electrons. The Balaban J connectivity index is 2.22. The van der Waals surface area contributed by atoms with E-state index in [1.807, 2.05) is 32.0 Å². The summed E-state index contributed by atoms with van der Waals surface area (Å²) in [4.78, 5) is 2.13. The quantitative estimate of drug-likeness (QED) is 0.871. The van der Waals surface area contributed by atoms with E-state index in [9.17, 15) is 12.8 Å². The van der Waals surface area contributed by atoms with E-state index in [4.69, 9.17) is 0 Å². The van der Waals surface area contributed by atoms with Crippen LogP contribution < -0.4 is 4.72 Å². The molecule has 0 aliphatic carbocycles. The number of sulfonamides is 1. The van der Waals surface area contributed by atoms with Crippen molar-refractivity contribution in [2.24, 2.45) is 0 Å². The molecule has 130 valence electrons. The summed E-state index contributed by atoms with van der Waals surface area (Å²) >= 11 is 0. The second-order valence-corrected chi connectivity index (χ2v) is 7.89. The first-order chi connectivity index (χ1) is 11.2. The van der Waals surface area contributed by atoms with E-state index in [1.54, 1.807) is 31.2 Å². The molecule has 0 saturated heterocycles. The molecule has 0 bridgehead atoms. The molecule has 6 heteroatoms. The van der Waals surface area contributed by atoms with Crippen molar-refractivity contribution in [1.29, 1.82) is 0 Å². The number of benzene rings is 2. The van der Waals surface area contributed by atoms with Crippen molar-refractivity contribution in [2.45, 2.75) is 24.8 Å². The highest BCUT2D eigenvalue weighted by molar-refractivity contribution is 7.89. The average Bonchev–Trinajstić information content (AvgIpc) is 2.46. The van der Waals surface area contributed by atoms with Crippen LogP contribution in [-0.2, 0) is 10.0 Å². The van der Waals surface area contributed by atoms with Gasteiger partial charge in [0.2, 0.25) is 10.0 Å². The van der Waals surface area contributed by atoms with E-state index in [1.165, 1.54) is 12.1 Å². The fourth-order valence-corrected chi connectivity index (χ4v) is 3.94. The van der Waals surface area contributed by atoms with Gasteiger partial charge in [0.1, 0.15) is 5.82 Å². The summed E-state index contributed by atoms with van der Waals surface area (Å²) in [5.74, 6) is -0.336. The fraction of sp³-hybridized carbons (Fsp3) is 0.333. The van der Waals surface area contributed by atoms with Crippen molar-refractivity contribution in [1.82, 2.24) is 9.62 Å². The molecule has 1 atom stereocenters. The van der Waals surface area contributed by atoms with Crippen molar-refractivity contribution >= 4 is 10.0 Å². The summed E-state index contributed by atoms with van der Waals surface area (Å²) in [5, 5.41) is 0. The van der Waals surface area contributed by atoms with Crippen LogP contribution in [-0.4, -0.2) is 34.0 Å². The first-order valence-electron chi connectivity index (χ1n) is 7.69. The fourth-order valence-electron chi connectivity index (χ4n) is 2.68. The maximum absolute atomic E-state index is 13.5. The molecular weight excluding hydrogens is 327 g/mol. The minimum absolute atomic E-state index is 0.159. The lowest BCUT2D eigenvalue weighted by Crippen LogP contribution is -2.34. The largest absolute Gasteiger partial charge is 0.301 e. The number of halogens is 1. The zero-order valence-electron chi connectivity index (χ0n) is 14.4. The van der Waals surface area contributed by atoms with Crippen LogP contribution in [0.25, 0.3) is 0 Å². The van der Waals surface area contributed by atoms with Crippen molar-refractivity contribution < 1.29 is 12.8 Å². The standard InChI is InChI=1S/C18H23FN2O2S/c1-13-8-9-18(14(2)10-13)24(22,23)20-12-17(21(3)4)15-6-5-7-16(19)11-15/h5-11,17,20H,12H2,1-4H3. The van der Waals surface area contributed by atoms with E-state index >= 15 is 0 Å². The van der Waals surface area contributed by atoms with Crippen LogP contribution in [0.5, 0.6) is 0 Å². The molecular formula is C18H23FN2O2S. The van der Waals surface area contributed by atoms with Crippen LogP contribution in [0.1, 0.15) is 22.7 Å². The third kappa shape index (κ3) is 4.41. The van der Waals surface area contributed by atoms with Gasteiger partial charge in [-0.05, 0) is 57.3 Å². The van der Waals surface area contributed by atoms with Crippen LogP contribution in [0.15, 0.2) is 47.4 Å². The van der Waals surface area contributed by atoms with Crippen molar-refractivity contribution in [3.8, 4) is 0 Å². The van der Waals surface area contributed by atoms with E-state index in [2.05, 4.69) is 4.72 Å². The van der Waals surface area contributed by atoms with E-state index in [0.29, 0.717) is 5.56 Å². The second kappa shape index (κ2) is 7.42. The van der Waals surface area contributed by atoms with Gasteiger partial charge in [0, 0.05) is 12.6 Å². The number of hydrogen-bond acceptors (Lipinski definition) is 3. The number of hydrogen-bond donors (Lipinski definition) is 1. The molecule has 0 fully saturated rings. The zero-order valence-corrected chi connectivity index (χ0v) is 15.2. The Morgan fingerprint density at radius 1 is 1.12 bits per heavy atom. The molecule has 0 spiro atoms. The van der Waals surface area contributed by atoms with Gasteiger partial charge in [-0.15, -0.1) is 0 Å². The number of nitrogens with one attached hydrogen (secondary N) is 1. The molecule has 2 aromatic carbocycles. The lowest BCUT2D eigenvalue weighted by atomic mass is 10.1. The molecule has 0 saturated carbocycles. The number of likely N-dealkylation sites (N-methyl/N-ethyl adjacent to an activating group) is 1. The van der Waals surface area contributed by atoms with Crippen LogP contribution in [0, 0.1) is 19.7 Å². The molecule has 1 N–H and O–H groups in total. The van der Waals surface area contributed by atoms with Gasteiger partial charge >= 0.3 is 0 Å². The molecule has 2 aromatic rings. The smallest absolute Gasteiger partial charge is 0.240 e. The molecule has 1 unspecified atom stereocenters. The minimum Gasteiger partial charge on any atom is -0.301 e. The summed E-state index contributed by atoms with van der Waals surface area (Å²) in [6.45, 7) is 3.85. The molecule has 0 aliphatic rings. The van der Waals surface area contributed by atoms with Gasteiger partial charge < -0.3 is 4.90 Å². The van der Waals surface area contributed by atoms with Gasteiger partial charge in [0.05, 0.1) is 4.90 Å². The Morgan fingerprint density at radius 3 is 2.42 bits per heavy atom. The van der Waals surface area contributed by atoms with Gasteiger partial charge in [0.25, 0.3) is 0 Å². The van der Waals surface area contributed by atoms with Gasteiger partial charge in [-0.1, -0.05) is 29.8 Å². The predicted octanol–water partition coefficient (Wildman–Crippen LogP) is 3.02. The number of rotatable bonds is 6. The van der Waals surface area contributed by atoms with E-state index in [0.717, 1.165) is 11.1 Å². The Hall–Kier alpha value is -1.76. The molecule has 0 heterocycles. The monoisotopic (exact) mass is 350 g/mol. The topological polar surface area (TPSA) is 49.4 Å². The Morgan fingerprint density at radius 2 is 1.83 bits per heavy atom. The summed E-state index contributed by atoms with van der Waals surface area (Å²) in [6.07, 6.45) is 0. The van der Waals surface area contributed by atoms with Crippen LogP contribution in [0.2, 0.25) is 0 Å². The molecule has 4 nitrogen and oxygen atoms in total. The SMILES string of the molecule is Cc1ccc(S(=O)(=O)NCC(c2cccc(F)c2)N(C)C)c(C)c1. The predicted molar refractivity (Wildman–Crippen MR) is 93.9 cm³/mol. The summed E-state index contributed by atoms with van der Waals surface area (Å²) < 4.78 is 41.3. The number of nitrogens with zero attached hydrogens (tertiary/aromatic N) is 1. The summed E-state index contributed by atoms with van der Waals surface area (Å²) in [7, 11) is 0.0438. The lowest BCUT2D eigenvalue weighted by Gasteiger charge is -2.25. The van der Waals surface area contributed by atoms with Gasteiger partial charge in [-0.2, -0.15) is 0 Å². The van der Waals surface area contributed by atoms with Gasteiger partial charge in [-0.3, -0.25) is 0 Å². The lowest BCUT2D eigenvalue weighted by molar-refractivity contribution is 0.299. The van der Waals surface area contributed by atoms with Crippen molar-refractivity contribution in [2.75, 3.05) is 20.6 Å². The second-order valence-electron chi connectivity index (χ2n) is 6.16. The van der Waals surface area contributed by atoms with Crippen LogP contribution >= 0.6 is 0 Å². The Labute approximate surface area is 143 Å². The highest BCUT2D eigenvalue weighted by atomic mass is 32.2. The molecule has 2 rings (SSSR count). The molecule has 0 amide bonds. The van der Waals surface area contributed by atoms with Crippen molar-refractivity contribution in [3.63, 3.8) is 0 Å². The summed E-state index contributed by atoms with van der Waals surface area (Å²) in [5.41, 5.74) is 2.44. The third-order valence-electron chi connectivity index (χ3n) is 3.94. The Kier molecular flexibility index (Phi) is 5.74. The van der Waals surface area contributed by atoms with Crippen molar-refractivity contribution in [3.05, 3.63) is 65.0 Å². The molecule has 0 aliphatic heterocycles. The third-order valence-corrected chi connectivity index (χ3v) is 5.53. The Bertz CT molecular complexity index is 820. The van der Waals surface area contributed by atoms with Crippen LogP contribution in [0.3, 0.4) is 0 Å². The highest BCUT2D eigenvalue weighted by Gasteiger charge is 2.21. The highest BCUT2D eigenvalue weighted by Crippen LogP contribution is 2.21. The molecule has 24 heavy (non-hydrogen) atoms. The minimum atomic E-state index is -3.62. The number of aryl methyl sites for hydroxylation is 2. The normalized spacial score (nSPS) is 13.2. The molecule has 0 aromatic heterocycles. The maximum atomic E-state index is 13.5. The van der Waals surface area contributed by atoms with Gasteiger partial charge in [0.15, 0.2) is 0 Å². The maximum Gasteiger partial charge on any atom is 0.240 e. The summed E-state index contributed by atoms with van der Waals surface area (Å²) in [6, 6.07) is 11.2. The zero-order chi connectivity index (χ0) is 17.9. The van der Waals surface area contributed by atoms with E-state index < -0.39 is 10.0 Å². The van der Waals surface area contributed by atoms with Crippen LogP contribution in [0.4, 0.5) is 4.39 Å².